The van der Waals surface area contributed by atoms with Gasteiger partial charge in [0.25, 0.3) is 5.91 Å². The number of carbonyl (C=O) groups excluding carboxylic acids is 2. The molecule has 5 N–H and O–H groups in total. The molecule has 9 nitrogen and oxygen atoms in total. The van der Waals surface area contributed by atoms with Crippen molar-refractivity contribution >= 4 is 29.6 Å². The van der Waals surface area contributed by atoms with E-state index >= 15 is 0 Å². The molecule has 12 heteroatoms. The number of phenolic OH excluding ortho intramolecular Hbond substituents is 2. The van der Waals surface area contributed by atoms with Gasteiger partial charge in [0.05, 0.1) is 38.0 Å². The maximum Gasteiger partial charge on any atom is 0.416 e. The van der Waals surface area contributed by atoms with Gasteiger partial charge in [0.1, 0.15) is 0 Å². The zero-order chi connectivity index (χ0) is 31.6. The summed E-state index contributed by atoms with van der Waals surface area (Å²) in [4.78, 5) is 25.4. The van der Waals surface area contributed by atoms with Crippen molar-refractivity contribution < 1.29 is 42.4 Å². The molecule has 0 radical (unpaired) electrons. The molecule has 3 aromatic rings. The van der Waals surface area contributed by atoms with Crippen LogP contribution in [0, 0.1) is 0 Å². The highest BCUT2D eigenvalue weighted by atomic mass is 19.4. The summed E-state index contributed by atoms with van der Waals surface area (Å²) >= 11 is 0. The Morgan fingerprint density at radius 2 is 1.44 bits per heavy atom. The van der Waals surface area contributed by atoms with E-state index in [9.17, 15) is 33.0 Å². The minimum absolute atomic E-state index is 0.0459. The van der Waals surface area contributed by atoms with Gasteiger partial charge < -0.3 is 25.4 Å². The first-order valence-corrected chi connectivity index (χ1v) is 12.8. The molecule has 0 aliphatic carbocycles. The standard InChI is InChI=1S/C31H30F3N3O6/c1-42-28-16-20(7-13-26(28)39)5-11-23(18-24(38)12-6-21-8-14-27(40)29(17-21)43-2)36-37-30(41)25(35)15-19-3-9-22(10-4-19)31(32,33)34/h3-14,16-17,25,39-40H,15,18,35H2,1-2H3,(H,37,41)/b11-5+,12-6+,36-23+/t25-/m1/s1. The van der Waals surface area contributed by atoms with Crippen molar-refractivity contribution in [3.05, 3.63) is 95.1 Å². The molecule has 0 aromatic heterocycles. The van der Waals surface area contributed by atoms with Crippen molar-refractivity contribution in [1.29, 1.82) is 0 Å². The second-order valence-electron chi connectivity index (χ2n) is 9.26. The molecule has 0 saturated carbocycles. The minimum atomic E-state index is -4.48. The summed E-state index contributed by atoms with van der Waals surface area (Å²) in [6, 6.07) is 12.3. The molecule has 3 rings (SSSR count). The van der Waals surface area contributed by atoms with E-state index in [-0.39, 0.29) is 47.3 Å². The topological polar surface area (TPSA) is 143 Å². The lowest BCUT2D eigenvalue weighted by Gasteiger charge is -2.12. The molecule has 0 bridgehead atoms. The van der Waals surface area contributed by atoms with Crippen LogP contribution in [0.1, 0.15) is 28.7 Å². The maximum absolute atomic E-state index is 12.8. The monoisotopic (exact) mass is 597 g/mol. The van der Waals surface area contributed by atoms with E-state index in [1.165, 1.54) is 56.7 Å². The fourth-order valence-electron chi connectivity index (χ4n) is 3.74. The van der Waals surface area contributed by atoms with E-state index < -0.39 is 23.7 Å². The number of nitrogens with two attached hydrogens (primary N) is 1. The summed E-state index contributed by atoms with van der Waals surface area (Å²) in [6.45, 7) is 0. The third-order valence-corrected chi connectivity index (χ3v) is 6.08. The molecule has 0 aliphatic heterocycles. The zero-order valence-electron chi connectivity index (χ0n) is 23.3. The normalized spacial score (nSPS) is 12.8. The van der Waals surface area contributed by atoms with Crippen molar-refractivity contribution in [2.75, 3.05) is 14.2 Å². The molecule has 0 spiro atoms. The van der Waals surface area contributed by atoms with Crippen molar-refractivity contribution in [3.8, 4) is 23.0 Å². The number of halogens is 3. The average Bonchev–Trinajstić information content (AvgIpc) is 2.98. The van der Waals surface area contributed by atoms with Gasteiger partial charge in [0, 0.05) is 0 Å². The molecule has 0 fully saturated rings. The van der Waals surface area contributed by atoms with E-state index in [2.05, 4.69) is 10.5 Å². The van der Waals surface area contributed by atoms with Crippen LogP contribution in [-0.2, 0) is 22.2 Å². The van der Waals surface area contributed by atoms with Gasteiger partial charge >= 0.3 is 6.18 Å². The number of phenols is 2. The first-order valence-electron chi connectivity index (χ1n) is 12.8. The summed E-state index contributed by atoms with van der Waals surface area (Å²) in [5, 5.41) is 23.6. The second kappa shape index (κ2) is 14.7. The molecule has 1 atom stereocenters. The van der Waals surface area contributed by atoms with E-state index in [1.54, 1.807) is 30.3 Å². The van der Waals surface area contributed by atoms with Gasteiger partial charge in [-0.2, -0.15) is 18.3 Å². The molecule has 43 heavy (non-hydrogen) atoms. The fourth-order valence-corrected chi connectivity index (χ4v) is 3.74. The maximum atomic E-state index is 12.8. The van der Waals surface area contributed by atoms with Gasteiger partial charge in [-0.3, -0.25) is 9.59 Å². The first-order chi connectivity index (χ1) is 20.4. The Bertz CT molecular complexity index is 1530. The Hall–Kier alpha value is -5.10. The Kier molecular flexibility index (Phi) is 11.1. The van der Waals surface area contributed by atoms with E-state index in [0.29, 0.717) is 16.7 Å². The van der Waals surface area contributed by atoms with E-state index in [0.717, 1.165) is 12.1 Å². The number of hydrogen-bond donors (Lipinski definition) is 4. The van der Waals surface area contributed by atoms with Crippen LogP contribution < -0.4 is 20.6 Å². The van der Waals surface area contributed by atoms with Crippen LogP contribution in [0.25, 0.3) is 12.2 Å². The number of hydrazone groups is 1. The third kappa shape index (κ3) is 9.75. The van der Waals surface area contributed by atoms with Crippen LogP contribution in [0.2, 0.25) is 0 Å². The lowest BCUT2D eigenvalue weighted by Crippen LogP contribution is -2.40. The number of aromatic hydroxyl groups is 2. The number of rotatable bonds is 12. The number of allylic oxidation sites excluding steroid dienone is 2. The molecule has 0 heterocycles. The Labute approximate surface area is 245 Å². The van der Waals surface area contributed by atoms with Gasteiger partial charge in [-0.1, -0.05) is 36.4 Å². The minimum Gasteiger partial charge on any atom is -0.504 e. The number of methoxy groups -OCH3 is 2. The van der Waals surface area contributed by atoms with Crippen molar-refractivity contribution in [2.45, 2.75) is 25.1 Å². The number of carbonyl (C=O) groups is 2. The largest absolute Gasteiger partial charge is 0.504 e. The Morgan fingerprint density at radius 1 is 0.907 bits per heavy atom. The molecule has 1 amide bonds. The fraction of sp³-hybridized carbons (Fsp3) is 0.194. The lowest BCUT2D eigenvalue weighted by molar-refractivity contribution is -0.137. The number of alkyl halides is 3. The first kappa shape index (κ1) is 32.4. The molecular formula is C31H30F3N3O6. The predicted molar refractivity (Wildman–Crippen MR) is 156 cm³/mol. The molecule has 3 aromatic carbocycles. The summed E-state index contributed by atoms with van der Waals surface area (Å²) in [6.07, 6.45) is 1.15. The summed E-state index contributed by atoms with van der Waals surface area (Å²) in [5.41, 5.74) is 9.23. The second-order valence-corrected chi connectivity index (χ2v) is 9.26. The predicted octanol–water partition coefficient (Wildman–Crippen LogP) is 4.86. The van der Waals surface area contributed by atoms with Gasteiger partial charge in [-0.15, -0.1) is 0 Å². The van der Waals surface area contributed by atoms with Crippen molar-refractivity contribution in [1.82, 2.24) is 5.43 Å². The average molecular weight is 598 g/mol. The molecule has 226 valence electrons. The number of nitrogens with one attached hydrogen (secondary N) is 1. The molecule has 0 aliphatic rings. The van der Waals surface area contributed by atoms with Gasteiger partial charge in [0.15, 0.2) is 28.8 Å². The smallest absolute Gasteiger partial charge is 0.416 e. The quantitative estimate of drug-likeness (QED) is 0.133. The van der Waals surface area contributed by atoms with Crippen LogP contribution in [0.3, 0.4) is 0 Å². The van der Waals surface area contributed by atoms with Crippen molar-refractivity contribution in [2.24, 2.45) is 10.8 Å². The summed E-state index contributed by atoms with van der Waals surface area (Å²) in [5.74, 6) is -0.734. The third-order valence-electron chi connectivity index (χ3n) is 6.08. The van der Waals surface area contributed by atoms with Crippen LogP contribution >= 0.6 is 0 Å². The number of benzene rings is 3. The number of ether oxygens (including phenoxy) is 2. The molecular weight excluding hydrogens is 567 g/mol. The molecule has 0 saturated heterocycles. The zero-order valence-corrected chi connectivity index (χ0v) is 23.3. The Morgan fingerprint density at radius 3 is 1.95 bits per heavy atom. The van der Waals surface area contributed by atoms with Gasteiger partial charge in [-0.05, 0) is 71.7 Å². The highest BCUT2D eigenvalue weighted by Gasteiger charge is 2.30. The number of amides is 1. The lowest BCUT2D eigenvalue weighted by atomic mass is 10.0. The number of nitrogens with zero attached hydrogens (tertiary/aromatic N) is 1. The summed E-state index contributed by atoms with van der Waals surface area (Å²) < 4.78 is 48.6. The van der Waals surface area contributed by atoms with Crippen LogP contribution in [0.15, 0.2) is 77.9 Å². The highest BCUT2D eigenvalue weighted by molar-refractivity contribution is 6.13. The highest BCUT2D eigenvalue weighted by Crippen LogP contribution is 2.30. The van der Waals surface area contributed by atoms with Gasteiger partial charge in [0.2, 0.25) is 0 Å². The van der Waals surface area contributed by atoms with E-state index in [4.69, 9.17) is 15.2 Å². The Balaban J connectivity index is 1.76. The van der Waals surface area contributed by atoms with Crippen LogP contribution in [0.5, 0.6) is 23.0 Å². The van der Waals surface area contributed by atoms with Crippen molar-refractivity contribution in [3.63, 3.8) is 0 Å². The number of ketones is 1. The SMILES string of the molecule is COc1cc(/C=C/C(=O)CC(/C=C/c2ccc(O)c(OC)c2)=N/NC(=O)[C@H](N)Cc2ccc(C(F)(F)F)cc2)ccc1O. The van der Waals surface area contributed by atoms with Gasteiger partial charge in [-0.25, -0.2) is 5.43 Å². The summed E-state index contributed by atoms with van der Waals surface area (Å²) in [7, 11) is 2.80. The van der Waals surface area contributed by atoms with Crippen LogP contribution in [-0.4, -0.2) is 47.9 Å². The molecule has 0 unspecified atom stereocenters. The van der Waals surface area contributed by atoms with E-state index in [1.807, 2.05) is 0 Å². The van der Waals surface area contributed by atoms with Crippen LogP contribution in [0.4, 0.5) is 13.2 Å². The number of hydrogen-bond acceptors (Lipinski definition) is 8.